The quantitative estimate of drug-likeness (QED) is 0.0784. The van der Waals surface area contributed by atoms with E-state index < -0.39 is 105 Å². The molecule has 0 saturated carbocycles. The molecule has 0 radical (unpaired) electrons. The van der Waals surface area contributed by atoms with E-state index in [-0.39, 0.29) is 82.2 Å². The normalized spacial score (nSPS) is 38.5. The van der Waals surface area contributed by atoms with E-state index in [1.54, 1.807) is 6.92 Å². The van der Waals surface area contributed by atoms with Crippen LogP contribution in [0.5, 0.6) is 0 Å². The number of aliphatic hydroxyl groups excluding tert-OH is 1. The number of nitrogens with one attached hydrogen (secondary N) is 5. The SMILES string of the molecule is C/C1=C2/NC(/C=C3\NC(/C(C)=C4\N[C@@](C)([C@@H]5NC1[C@](C)(CCC(=O)NC[C@@H](C)O)[C@H]5CC(N)=O)[C@@](C)(CC(N)=O)[C@@H]4CCC(N)=O)[C@@](C)(CC(N)=O)[C@@H]3CCC(N)=O)C(C)(C)[C@@H]2CCC(N)=O. The van der Waals surface area contributed by atoms with Crippen molar-refractivity contribution >= 4 is 41.4 Å². The third-order valence-corrected chi connectivity index (χ3v) is 17.2. The second kappa shape index (κ2) is 19.4. The topological polar surface area (TPSA) is 356 Å². The monoisotopic (exact) mass is 938 g/mol. The average molecular weight is 938 g/mol. The molecule has 4 fully saturated rings. The molecule has 7 amide bonds. The van der Waals surface area contributed by atoms with Gasteiger partial charge in [-0.05, 0) is 87.3 Å². The smallest absolute Gasteiger partial charge is 0.220 e. The van der Waals surface area contributed by atoms with Crippen molar-refractivity contribution in [2.75, 3.05) is 6.54 Å². The van der Waals surface area contributed by atoms with Crippen LogP contribution in [0.4, 0.5) is 0 Å². The van der Waals surface area contributed by atoms with Gasteiger partial charge in [-0.3, -0.25) is 33.6 Å². The van der Waals surface area contributed by atoms with Gasteiger partial charge in [0.25, 0.3) is 0 Å². The summed E-state index contributed by atoms with van der Waals surface area (Å²) >= 11 is 0. The number of fused-ring (bicyclic) bond motifs is 9. The van der Waals surface area contributed by atoms with Crippen LogP contribution in [0.3, 0.4) is 0 Å². The minimum Gasteiger partial charge on any atom is -0.392 e. The predicted molar refractivity (Wildman–Crippen MR) is 252 cm³/mol. The molecule has 374 valence electrons. The summed E-state index contributed by atoms with van der Waals surface area (Å²) in [5, 5.41) is 28.4. The molecule has 5 heterocycles. The molecule has 18 N–H and O–H groups in total. The van der Waals surface area contributed by atoms with Crippen molar-refractivity contribution in [1.82, 2.24) is 26.6 Å². The molecule has 13 atom stereocenters. The Kier molecular flexibility index (Phi) is 15.3. The molecule has 19 heteroatoms. The zero-order valence-electron chi connectivity index (χ0n) is 41.0. The maximum atomic E-state index is 13.5. The predicted octanol–water partition coefficient (Wildman–Crippen LogP) is 0.288. The van der Waals surface area contributed by atoms with Gasteiger partial charge in [0.15, 0.2) is 0 Å². The molecule has 5 aliphatic heterocycles. The highest BCUT2D eigenvalue weighted by atomic mass is 16.3. The standard InChI is InChI=1S/C48H79N11O8/c1-23(60)22-55-38(67)16-17-45(6)29(18-35(52)64)43-48(9)47(8,21-37(54)66)28(12-15-34(51)63)40(59-48)25(3)42-46(7,20-36(53)65)26(10-13-32(49)61)30(56-42)19-31-44(4,5)27(11-14-33(50)62)39(57-31)24(2)41(45)58-43/h19,23,26-29,31,41-43,56-60H,10-18,20-22H2,1-9H3,(H2,49,61)(H2,50,62)(H2,51,63)(H2,52,64)(H2,53,65)(H2,54,66)(H,55,67)/b30-19-,39-24-,40-25-/t23-,26-,27-,28-,29+,31?,41?,42?,43-,45-,46+,47+,48+/m1/s1. The molecule has 0 aromatic carbocycles. The van der Waals surface area contributed by atoms with Crippen LogP contribution < -0.4 is 61.0 Å². The van der Waals surface area contributed by atoms with E-state index in [1.807, 2.05) is 41.5 Å². The number of amides is 7. The molecule has 4 saturated heterocycles. The number of hydrogen-bond acceptors (Lipinski definition) is 12. The maximum absolute atomic E-state index is 13.5. The number of rotatable bonds is 20. The average Bonchev–Trinajstić information content (AvgIpc) is 3.80. The van der Waals surface area contributed by atoms with Crippen LogP contribution in [0.2, 0.25) is 0 Å². The highest BCUT2D eigenvalue weighted by molar-refractivity contribution is 5.78. The number of carbonyl (C=O) groups is 7. The van der Waals surface area contributed by atoms with Crippen LogP contribution in [-0.2, 0) is 33.6 Å². The highest BCUT2D eigenvalue weighted by Crippen LogP contribution is 2.62. The number of aliphatic hydroxyl groups is 1. The summed E-state index contributed by atoms with van der Waals surface area (Å²) in [5.41, 5.74) is 35.3. The van der Waals surface area contributed by atoms with Crippen molar-refractivity contribution in [3.63, 3.8) is 0 Å². The second-order valence-corrected chi connectivity index (χ2v) is 22.1. The molecule has 8 bridgehead atoms. The van der Waals surface area contributed by atoms with Crippen molar-refractivity contribution in [3.8, 4) is 0 Å². The van der Waals surface area contributed by atoms with Gasteiger partial charge < -0.3 is 66.1 Å². The Morgan fingerprint density at radius 3 is 1.73 bits per heavy atom. The third kappa shape index (κ3) is 10.0. The van der Waals surface area contributed by atoms with Crippen LogP contribution in [0, 0.1) is 45.3 Å². The number of hydrogen-bond donors (Lipinski definition) is 12. The van der Waals surface area contributed by atoms with Crippen molar-refractivity contribution < 1.29 is 38.7 Å². The molecule has 0 aliphatic carbocycles. The Balaban J connectivity index is 1.94. The summed E-state index contributed by atoms with van der Waals surface area (Å²) in [5.74, 6) is -5.39. The van der Waals surface area contributed by atoms with Crippen LogP contribution >= 0.6 is 0 Å². The zero-order valence-corrected chi connectivity index (χ0v) is 41.0. The second-order valence-electron chi connectivity index (χ2n) is 22.1. The fraction of sp³-hybridized carbons (Fsp3) is 0.729. The molecule has 0 spiro atoms. The van der Waals surface area contributed by atoms with Gasteiger partial charge in [0.2, 0.25) is 41.4 Å². The van der Waals surface area contributed by atoms with Gasteiger partial charge >= 0.3 is 0 Å². The van der Waals surface area contributed by atoms with Gasteiger partial charge in [-0.15, -0.1) is 0 Å². The molecule has 0 aromatic rings. The van der Waals surface area contributed by atoms with E-state index in [0.717, 1.165) is 22.5 Å². The molecular formula is C48H79N11O8. The first-order valence-corrected chi connectivity index (χ1v) is 23.8. The Morgan fingerprint density at radius 2 is 1.21 bits per heavy atom. The minimum absolute atomic E-state index is 0.0213. The molecule has 5 aliphatic rings. The van der Waals surface area contributed by atoms with Crippen LogP contribution in [0.15, 0.2) is 34.3 Å². The first-order valence-electron chi connectivity index (χ1n) is 23.8. The fourth-order valence-electron chi connectivity index (χ4n) is 13.4. The molecule has 0 aromatic heterocycles. The Hall–Kier alpha value is -5.17. The lowest BCUT2D eigenvalue weighted by Gasteiger charge is -2.49. The minimum atomic E-state index is -1.16. The van der Waals surface area contributed by atoms with E-state index in [2.05, 4.69) is 46.5 Å². The van der Waals surface area contributed by atoms with E-state index in [1.165, 1.54) is 0 Å². The summed E-state index contributed by atoms with van der Waals surface area (Å²) in [6.45, 7) is 17.8. The van der Waals surface area contributed by atoms with Crippen molar-refractivity contribution in [2.24, 2.45) is 79.7 Å². The van der Waals surface area contributed by atoms with Crippen molar-refractivity contribution in [2.45, 2.75) is 169 Å². The van der Waals surface area contributed by atoms with Gasteiger partial charge in [-0.2, -0.15) is 0 Å². The lowest BCUT2D eigenvalue weighted by atomic mass is 9.56. The van der Waals surface area contributed by atoms with Crippen LogP contribution in [0.25, 0.3) is 0 Å². The van der Waals surface area contributed by atoms with E-state index in [0.29, 0.717) is 18.5 Å². The summed E-state index contributed by atoms with van der Waals surface area (Å²) in [4.78, 5) is 91.6. The fourth-order valence-corrected chi connectivity index (χ4v) is 13.4. The number of nitrogens with two attached hydrogens (primary N) is 6. The van der Waals surface area contributed by atoms with E-state index >= 15 is 0 Å². The van der Waals surface area contributed by atoms with E-state index in [9.17, 15) is 38.7 Å². The largest absolute Gasteiger partial charge is 0.392 e. The van der Waals surface area contributed by atoms with Crippen LogP contribution in [0.1, 0.15) is 133 Å². The van der Waals surface area contributed by atoms with E-state index in [4.69, 9.17) is 34.4 Å². The Labute approximate surface area is 395 Å². The molecule has 19 nitrogen and oxygen atoms in total. The molecule has 3 unspecified atom stereocenters. The summed E-state index contributed by atoms with van der Waals surface area (Å²) in [6, 6.07) is -2.18. The van der Waals surface area contributed by atoms with Gasteiger partial charge in [0.1, 0.15) is 0 Å². The van der Waals surface area contributed by atoms with Gasteiger partial charge in [0, 0.05) is 109 Å². The van der Waals surface area contributed by atoms with Crippen LogP contribution in [-0.4, -0.2) is 88.8 Å². The van der Waals surface area contributed by atoms with Gasteiger partial charge in [-0.25, -0.2) is 0 Å². The van der Waals surface area contributed by atoms with Crippen molar-refractivity contribution in [1.29, 1.82) is 0 Å². The summed E-state index contributed by atoms with van der Waals surface area (Å²) in [6.07, 6.45) is 2.26. The summed E-state index contributed by atoms with van der Waals surface area (Å²) in [7, 11) is 0. The zero-order chi connectivity index (χ0) is 50.4. The molecule has 67 heavy (non-hydrogen) atoms. The molecule has 5 rings (SSSR count). The summed E-state index contributed by atoms with van der Waals surface area (Å²) < 4.78 is 0. The first-order chi connectivity index (χ1) is 30.9. The van der Waals surface area contributed by atoms with Crippen molar-refractivity contribution in [3.05, 3.63) is 34.3 Å². The Morgan fingerprint density at radius 1 is 0.672 bits per heavy atom. The third-order valence-electron chi connectivity index (χ3n) is 17.2. The lowest BCUT2D eigenvalue weighted by Crippen LogP contribution is -2.64. The highest BCUT2D eigenvalue weighted by Gasteiger charge is 2.68. The van der Waals surface area contributed by atoms with Gasteiger partial charge in [-0.1, -0.05) is 34.6 Å². The maximum Gasteiger partial charge on any atom is 0.220 e. The molecular weight excluding hydrogens is 859 g/mol. The number of carbonyl (C=O) groups excluding carboxylic acids is 7. The number of allylic oxidation sites excluding steroid dienone is 3. The lowest BCUT2D eigenvalue weighted by molar-refractivity contribution is -0.124. The first kappa shape index (κ1) is 52.8. The Bertz CT molecular complexity index is 2120. The van der Waals surface area contributed by atoms with Gasteiger partial charge in [0.05, 0.1) is 23.7 Å². The number of primary amides is 6.